The molecule has 1 heterocycles. The first kappa shape index (κ1) is 25.8. The maximum atomic E-state index is 12.2. The smallest absolute Gasteiger partial charge is 0.303 e. The fraction of sp³-hybridized carbons (Fsp3) is 0.593. The highest BCUT2D eigenvalue weighted by molar-refractivity contribution is 5.78. The highest BCUT2D eigenvalue weighted by atomic mass is 16.4. The molecule has 0 unspecified atom stereocenters. The molecule has 0 aliphatic rings. The number of hydrogen-bond acceptors (Lipinski definition) is 3. The lowest BCUT2D eigenvalue weighted by atomic mass is 10.0. The van der Waals surface area contributed by atoms with Crippen LogP contribution in [0.25, 0.3) is 10.9 Å². The molecule has 0 amide bonds. The van der Waals surface area contributed by atoms with E-state index in [9.17, 15) is 9.59 Å². The van der Waals surface area contributed by atoms with Gasteiger partial charge in [-0.25, -0.2) is 4.98 Å². The summed E-state index contributed by atoms with van der Waals surface area (Å²) in [5, 5.41) is 9.31. The lowest BCUT2D eigenvalue weighted by Gasteiger charge is -2.05. The van der Waals surface area contributed by atoms with Gasteiger partial charge < -0.3 is 9.67 Å². The SMILES string of the molecule is Cn1cnc2ccc(CCCCCCCC/C=C\CCCCCCCC(=O)O)cc2c1=O. The molecule has 5 heteroatoms. The van der Waals surface area contributed by atoms with Crippen molar-refractivity contribution in [2.45, 2.75) is 96.3 Å². The van der Waals surface area contributed by atoms with Crippen LogP contribution in [0.15, 0.2) is 41.5 Å². The molecule has 0 atom stereocenters. The van der Waals surface area contributed by atoms with Crippen molar-refractivity contribution in [3.63, 3.8) is 0 Å². The molecule has 0 fully saturated rings. The number of rotatable bonds is 17. The molecule has 0 radical (unpaired) electrons. The number of carboxylic acids is 1. The van der Waals surface area contributed by atoms with Gasteiger partial charge in [0.2, 0.25) is 0 Å². The van der Waals surface area contributed by atoms with E-state index < -0.39 is 5.97 Å². The molecule has 2 aromatic rings. The number of aliphatic carboxylic acids is 1. The minimum atomic E-state index is -0.680. The van der Waals surface area contributed by atoms with Crippen LogP contribution >= 0.6 is 0 Å². The van der Waals surface area contributed by atoms with E-state index in [0.717, 1.165) is 43.0 Å². The fourth-order valence-electron chi connectivity index (χ4n) is 4.02. The number of nitrogens with zero attached hydrogens (tertiary/aromatic N) is 2. The van der Waals surface area contributed by atoms with Crippen molar-refractivity contribution in [2.24, 2.45) is 7.05 Å². The van der Waals surface area contributed by atoms with Gasteiger partial charge in [-0.2, -0.15) is 0 Å². The van der Waals surface area contributed by atoms with Gasteiger partial charge in [0.15, 0.2) is 0 Å². The third-order valence-electron chi connectivity index (χ3n) is 6.00. The lowest BCUT2D eigenvalue weighted by molar-refractivity contribution is -0.137. The van der Waals surface area contributed by atoms with Crippen LogP contribution in [0.1, 0.15) is 95.5 Å². The average molecular weight is 441 g/mol. The molecule has 0 saturated heterocycles. The number of fused-ring (bicyclic) bond motifs is 1. The summed E-state index contributed by atoms with van der Waals surface area (Å²) in [5.41, 5.74) is 2.03. The van der Waals surface area contributed by atoms with Gasteiger partial charge >= 0.3 is 5.97 Å². The topological polar surface area (TPSA) is 72.2 Å². The quantitative estimate of drug-likeness (QED) is 0.223. The van der Waals surface area contributed by atoms with Crippen LogP contribution in [0.2, 0.25) is 0 Å². The van der Waals surface area contributed by atoms with E-state index in [-0.39, 0.29) is 5.56 Å². The summed E-state index contributed by atoms with van der Waals surface area (Å²) in [6, 6.07) is 6.07. The second-order valence-corrected chi connectivity index (χ2v) is 8.84. The molecule has 0 aliphatic carbocycles. The number of allylic oxidation sites excluding steroid dienone is 2. The van der Waals surface area contributed by atoms with E-state index in [1.54, 1.807) is 13.4 Å². The molecule has 5 nitrogen and oxygen atoms in total. The summed E-state index contributed by atoms with van der Waals surface area (Å²) in [7, 11) is 1.74. The molecular weight excluding hydrogens is 400 g/mol. The average Bonchev–Trinajstić information content (AvgIpc) is 2.78. The number of aryl methyl sites for hydroxylation is 2. The van der Waals surface area contributed by atoms with Crippen LogP contribution in [-0.2, 0) is 18.3 Å². The Morgan fingerprint density at radius 1 is 0.906 bits per heavy atom. The standard InChI is InChI=1S/C27H40N2O3/c1-29-22-28-25-20-19-23(21-24(25)27(29)32)17-15-13-11-9-7-5-3-2-4-6-8-10-12-14-16-18-26(30)31/h2,4,19-22H,3,5-18H2,1H3,(H,30,31)/b4-2-. The highest BCUT2D eigenvalue weighted by Crippen LogP contribution is 2.14. The molecule has 0 aliphatic heterocycles. The van der Waals surface area contributed by atoms with Gasteiger partial charge in [0.05, 0.1) is 17.2 Å². The Labute approximate surface area is 192 Å². The van der Waals surface area contributed by atoms with Crippen molar-refractivity contribution in [1.82, 2.24) is 9.55 Å². The molecular formula is C27H40N2O3. The molecule has 1 aromatic heterocycles. The first-order chi connectivity index (χ1) is 15.6. The Kier molecular flexibility index (Phi) is 12.4. The molecule has 0 saturated carbocycles. The summed E-state index contributed by atoms with van der Waals surface area (Å²) < 4.78 is 1.54. The monoisotopic (exact) mass is 440 g/mol. The fourth-order valence-corrected chi connectivity index (χ4v) is 4.02. The van der Waals surface area contributed by atoms with Crippen LogP contribution in [0.3, 0.4) is 0 Å². The van der Waals surface area contributed by atoms with E-state index in [2.05, 4.69) is 23.2 Å². The first-order valence-corrected chi connectivity index (χ1v) is 12.4. The molecule has 0 spiro atoms. The van der Waals surface area contributed by atoms with E-state index in [4.69, 9.17) is 5.11 Å². The number of hydrogen-bond donors (Lipinski definition) is 1. The minimum absolute atomic E-state index is 0.0267. The zero-order chi connectivity index (χ0) is 23.0. The molecule has 1 N–H and O–H groups in total. The summed E-state index contributed by atoms with van der Waals surface area (Å²) in [6.45, 7) is 0. The van der Waals surface area contributed by atoms with Crippen LogP contribution < -0.4 is 5.56 Å². The van der Waals surface area contributed by atoms with Crippen molar-refractivity contribution >= 4 is 16.9 Å². The van der Waals surface area contributed by atoms with Crippen molar-refractivity contribution < 1.29 is 9.90 Å². The lowest BCUT2D eigenvalue weighted by Crippen LogP contribution is -2.16. The number of carbonyl (C=O) groups is 1. The zero-order valence-corrected chi connectivity index (χ0v) is 19.7. The molecule has 176 valence electrons. The summed E-state index contributed by atoms with van der Waals surface area (Å²) >= 11 is 0. The third kappa shape index (κ3) is 10.3. The van der Waals surface area contributed by atoms with Gasteiger partial charge in [-0.15, -0.1) is 0 Å². The van der Waals surface area contributed by atoms with Crippen molar-refractivity contribution in [3.05, 3.63) is 52.6 Å². The molecule has 0 bridgehead atoms. The van der Waals surface area contributed by atoms with Crippen LogP contribution in [0.4, 0.5) is 0 Å². The first-order valence-electron chi connectivity index (χ1n) is 12.4. The van der Waals surface area contributed by atoms with Crippen molar-refractivity contribution in [1.29, 1.82) is 0 Å². The van der Waals surface area contributed by atoms with Crippen LogP contribution in [0.5, 0.6) is 0 Å². The number of unbranched alkanes of at least 4 members (excludes halogenated alkanes) is 11. The van der Waals surface area contributed by atoms with Gasteiger partial charge in [-0.1, -0.05) is 63.2 Å². The van der Waals surface area contributed by atoms with Crippen LogP contribution in [-0.4, -0.2) is 20.6 Å². The third-order valence-corrected chi connectivity index (χ3v) is 6.00. The zero-order valence-electron chi connectivity index (χ0n) is 19.7. The summed E-state index contributed by atoms with van der Waals surface area (Å²) in [5.74, 6) is -0.680. The summed E-state index contributed by atoms with van der Waals surface area (Å²) in [4.78, 5) is 27.0. The molecule has 32 heavy (non-hydrogen) atoms. The van der Waals surface area contributed by atoms with Gasteiger partial charge in [0.25, 0.3) is 5.56 Å². The largest absolute Gasteiger partial charge is 0.481 e. The van der Waals surface area contributed by atoms with Gasteiger partial charge in [0, 0.05) is 13.5 Å². The Morgan fingerprint density at radius 3 is 2.16 bits per heavy atom. The van der Waals surface area contributed by atoms with Gasteiger partial charge in [-0.05, 0) is 62.6 Å². The second kappa shape index (κ2) is 15.4. The maximum Gasteiger partial charge on any atom is 0.303 e. The minimum Gasteiger partial charge on any atom is -0.481 e. The summed E-state index contributed by atoms with van der Waals surface area (Å²) in [6.07, 6.45) is 22.8. The van der Waals surface area contributed by atoms with Crippen molar-refractivity contribution in [3.8, 4) is 0 Å². The number of carboxylic acid groups (broad SMARTS) is 1. The Morgan fingerprint density at radius 2 is 1.50 bits per heavy atom. The predicted molar refractivity (Wildman–Crippen MR) is 132 cm³/mol. The Bertz CT molecular complexity index is 901. The number of aromatic nitrogens is 2. The van der Waals surface area contributed by atoms with Gasteiger partial charge in [-0.3, -0.25) is 9.59 Å². The van der Waals surface area contributed by atoms with Gasteiger partial charge in [0.1, 0.15) is 0 Å². The maximum absolute atomic E-state index is 12.2. The van der Waals surface area contributed by atoms with Crippen molar-refractivity contribution in [2.75, 3.05) is 0 Å². The Balaban J connectivity index is 1.43. The number of benzene rings is 1. The van der Waals surface area contributed by atoms with E-state index >= 15 is 0 Å². The molecule has 2 rings (SSSR count). The van der Waals surface area contributed by atoms with E-state index in [1.807, 2.05) is 12.1 Å². The highest BCUT2D eigenvalue weighted by Gasteiger charge is 2.03. The van der Waals surface area contributed by atoms with Crippen LogP contribution in [0, 0.1) is 0 Å². The normalized spacial score (nSPS) is 11.5. The second-order valence-electron chi connectivity index (χ2n) is 8.84. The Hall–Kier alpha value is -2.43. The molecule has 1 aromatic carbocycles. The van der Waals surface area contributed by atoms with E-state index in [0.29, 0.717) is 6.42 Å². The predicted octanol–water partition coefficient (Wildman–Crippen LogP) is 6.58. The van der Waals surface area contributed by atoms with E-state index in [1.165, 1.54) is 67.9 Å².